The van der Waals surface area contributed by atoms with Crippen LogP contribution in [-0.2, 0) is 4.74 Å². The van der Waals surface area contributed by atoms with Crippen molar-refractivity contribution in [1.29, 1.82) is 0 Å². The van der Waals surface area contributed by atoms with Crippen LogP contribution >= 0.6 is 0 Å². The van der Waals surface area contributed by atoms with E-state index in [0.29, 0.717) is 0 Å². The van der Waals surface area contributed by atoms with Crippen LogP contribution in [-0.4, -0.2) is 13.2 Å². The van der Waals surface area contributed by atoms with Gasteiger partial charge in [-0.15, -0.1) is 0 Å². The van der Waals surface area contributed by atoms with Crippen molar-refractivity contribution < 1.29 is 4.74 Å². The Kier molecular flexibility index (Phi) is 20.0. The van der Waals surface area contributed by atoms with Gasteiger partial charge < -0.3 is 4.74 Å². The maximum absolute atomic E-state index is 4.83. The second-order valence-corrected chi connectivity index (χ2v) is 1.45. The van der Waals surface area contributed by atoms with Crippen LogP contribution in [0.15, 0.2) is 12.2 Å². The lowest BCUT2D eigenvalue weighted by Gasteiger charge is -1.86. The zero-order chi connectivity index (χ0) is 7.54. The van der Waals surface area contributed by atoms with Crippen LogP contribution in [0.2, 0.25) is 0 Å². The summed E-state index contributed by atoms with van der Waals surface area (Å²) in [5.74, 6) is 0. The third kappa shape index (κ3) is 34.3. The summed E-state index contributed by atoms with van der Waals surface area (Å²) in [5, 5.41) is 0. The molecule has 0 aliphatic heterocycles. The summed E-state index contributed by atoms with van der Waals surface area (Å²) in [4.78, 5) is 0. The van der Waals surface area contributed by atoms with Crippen molar-refractivity contribution in [3.63, 3.8) is 0 Å². The molecule has 0 rings (SSSR count). The van der Waals surface area contributed by atoms with Gasteiger partial charge in [0.15, 0.2) is 0 Å². The molecular weight excluding hydrogens is 112 g/mol. The Morgan fingerprint density at radius 3 is 1.33 bits per heavy atom. The number of rotatable bonds is 2. The molecule has 0 amide bonds. The molecule has 0 unspecified atom stereocenters. The largest absolute Gasteiger partial charge is 0.382 e. The highest BCUT2D eigenvalue weighted by Gasteiger charge is 1.64. The molecule has 0 aliphatic carbocycles. The first-order valence-corrected chi connectivity index (χ1v) is 3.48. The lowest BCUT2D eigenvalue weighted by Crippen LogP contribution is -1.84. The highest BCUT2D eigenvalue weighted by atomic mass is 16.5. The highest BCUT2D eigenvalue weighted by molar-refractivity contribution is 4.68. The molecule has 0 fully saturated rings. The summed E-state index contributed by atoms with van der Waals surface area (Å²) in [5.41, 5.74) is 0. The first-order valence-electron chi connectivity index (χ1n) is 3.48. The molecule has 0 aromatic rings. The van der Waals surface area contributed by atoms with E-state index in [9.17, 15) is 0 Å². The fourth-order valence-electron chi connectivity index (χ4n) is 0.204. The zero-order valence-corrected chi connectivity index (χ0v) is 6.98. The summed E-state index contributed by atoms with van der Waals surface area (Å²) < 4.78 is 4.83. The van der Waals surface area contributed by atoms with Gasteiger partial charge in [0.05, 0.1) is 0 Å². The van der Waals surface area contributed by atoms with Crippen molar-refractivity contribution in [3.8, 4) is 0 Å². The fourth-order valence-corrected chi connectivity index (χ4v) is 0.204. The molecule has 1 nitrogen and oxygen atoms in total. The smallest absolute Gasteiger partial charge is 0.0437 e. The molecule has 56 valence electrons. The van der Waals surface area contributed by atoms with Crippen LogP contribution in [0, 0.1) is 0 Å². The van der Waals surface area contributed by atoms with Crippen LogP contribution in [0.4, 0.5) is 0 Å². The molecule has 0 aromatic carbocycles. The van der Waals surface area contributed by atoms with Gasteiger partial charge in [0, 0.05) is 13.2 Å². The van der Waals surface area contributed by atoms with Gasteiger partial charge in [0.2, 0.25) is 0 Å². The first-order chi connectivity index (χ1) is 4.33. The minimum absolute atomic E-state index is 0.844. The molecule has 0 radical (unpaired) electrons. The molecule has 1 heteroatoms. The molecule has 0 bridgehead atoms. The van der Waals surface area contributed by atoms with E-state index in [4.69, 9.17) is 4.74 Å². The van der Waals surface area contributed by atoms with E-state index < -0.39 is 0 Å². The SMILES string of the molecule is C/C=C\C.CCOCC. The Balaban J connectivity index is 0. The molecule has 9 heavy (non-hydrogen) atoms. The molecule has 0 aliphatic rings. The molecule has 0 spiro atoms. The Labute approximate surface area is 58.7 Å². The van der Waals surface area contributed by atoms with Crippen molar-refractivity contribution in [2.45, 2.75) is 27.7 Å². The lowest BCUT2D eigenvalue weighted by atomic mass is 10.6. The third-order valence-corrected chi connectivity index (χ3v) is 0.742. The van der Waals surface area contributed by atoms with Crippen LogP contribution in [0.1, 0.15) is 27.7 Å². The Morgan fingerprint density at radius 1 is 1.00 bits per heavy atom. The van der Waals surface area contributed by atoms with Gasteiger partial charge in [0.1, 0.15) is 0 Å². The predicted octanol–water partition coefficient (Wildman–Crippen LogP) is 2.63. The summed E-state index contributed by atoms with van der Waals surface area (Å²) in [7, 11) is 0. The topological polar surface area (TPSA) is 9.23 Å². The van der Waals surface area contributed by atoms with Crippen molar-refractivity contribution in [1.82, 2.24) is 0 Å². The monoisotopic (exact) mass is 130 g/mol. The minimum Gasteiger partial charge on any atom is -0.382 e. The average molecular weight is 130 g/mol. The molecule has 0 aromatic heterocycles. The van der Waals surface area contributed by atoms with Crippen LogP contribution in [0.25, 0.3) is 0 Å². The molecule has 0 atom stereocenters. The second kappa shape index (κ2) is 15.6. The number of allylic oxidation sites excluding steroid dienone is 2. The van der Waals surface area contributed by atoms with E-state index in [-0.39, 0.29) is 0 Å². The molecule has 0 N–H and O–H groups in total. The van der Waals surface area contributed by atoms with Gasteiger partial charge in [-0.1, -0.05) is 12.2 Å². The third-order valence-electron chi connectivity index (χ3n) is 0.742. The Bertz CT molecular complexity index is 42.5. The number of hydrogen-bond donors (Lipinski definition) is 0. The van der Waals surface area contributed by atoms with E-state index >= 15 is 0 Å². The summed E-state index contributed by atoms with van der Waals surface area (Å²) in [6.45, 7) is 9.67. The average Bonchev–Trinajstić information content (AvgIpc) is 1.91. The van der Waals surface area contributed by atoms with E-state index in [0.717, 1.165) is 13.2 Å². The number of ether oxygens (including phenoxy) is 1. The quantitative estimate of drug-likeness (QED) is 0.522. The van der Waals surface area contributed by atoms with Gasteiger partial charge >= 0.3 is 0 Å². The van der Waals surface area contributed by atoms with Gasteiger partial charge in [-0.3, -0.25) is 0 Å². The molecule has 0 heterocycles. The van der Waals surface area contributed by atoms with Crippen molar-refractivity contribution >= 4 is 0 Å². The normalized spacial score (nSPS) is 8.89. The van der Waals surface area contributed by atoms with E-state index in [1.165, 1.54) is 0 Å². The standard InChI is InChI=1S/C4H10O.C4H8/c1-3-5-4-2;1-3-4-2/h3-4H2,1-2H3;3-4H,1-2H3/b;4-3-. The maximum atomic E-state index is 4.83. The van der Waals surface area contributed by atoms with E-state index in [1.807, 2.05) is 39.8 Å². The van der Waals surface area contributed by atoms with Gasteiger partial charge in [0.25, 0.3) is 0 Å². The summed E-state index contributed by atoms with van der Waals surface area (Å²) in [6, 6.07) is 0. The zero-order valence-electron chi connectivity index (χ0n) is 6.98. The van der Waals surface area contributed by atoms with E-state index in [2.05, 4.69) is 0 Å². The predicted molar refractivity (Wildman–Crippen MR) is 42.7 cm³/mol. The van der Waals surface area contributed by atoms with Gasteiger partial charge in [-0.2, -0.15) is 0 Å². The first kappa shape index (κ1) is 11.5. The molecule has 0 saturated heterocycles. The minimum atomic E-state index is 0.844. The second-order valence-electron chi connectivity index (χ2n) is 1.45. The summed E-state index contributed by atoms with van der Waals surface area (Å²) in [6.07, 6.45) is 4.00. The fraction of sp³-hybridized carbons (Fsp3) is 0.750. The van der Waals surface area contributed by atoms with Crippen LogP contribution < -0.4 is 0 Å². The molecular formula is C8H18O. The highest BCUT2D eigenvalue weighted by Crippen LogP contribution is 1.64. The van der Waals surface area contributed by atoms with E-state index in [1.54, 1.807) is 0 Å². The van der Waals surface area contributed by atoms with Crippen molar-refractivity contribution in [3.05, 3.63) is 12.2 Å². The molecule has 0 saturated carbocycles. The Hall–Kier alpha value is -0.300. The maximum Gasteiger partial charge on any atom is 0.0437 e. The van der Waals surface area contributed by atoms with Crippen molar-refractivity contribution in [2.75, 3.05) is 13.2 Å². The summed E-state index contributed by atoms with van der Waals surface area (Å²) >= 11 is 0. The van der Waals surface area contributed by atoms with Crippen LogP contribution in [0.3, 0.4) is 0 Å². The number of hydrogen-bond acceptors (Lipinski definition) is 1. The van der Waals surface area contributed by atoms with Gasteiger partial charge in [-0.25, -0.2) is 0 Å². The Morgan fingerprint density at radius 2 is 1.33 bits per heavy atom. The van der Waals surface area contributed by atoms with Gasteiger partial charge in [-0.05, 0) is 27.7 Å². The van der Waals surface area contributed by atoms with Crippen LogP contribution in [0.5, 0.6) is 0 Å². The lowest BCUT2D eigenvalue weighted by molar-refractivity contribution is 0.162. The van der Waals surface area contributed by atoms with Crippen molar-refractivity contribution in [2.24, 2.45) is 0 Å².